The number of methoxy groups -OCH3 is 2. The van der Waals surface area contributed by atoms with Crippen LogP contribution in [0.4, 0.5) is 5.69 Å². The molecule has 1 N–H and O–H groups in total. The number of nitrogens with one attached hydrogen (secondary N) is 1. The highest BCUT2D eigenvalue weighted by Gasteiger charge is 2.20. The summed E-state index contributed by atoms with van der Waals surface area (Å²) in [6.07, 6.45) is -0.987. The molecule has 0 aliphatic rings. The predicted octanol–water partition coefficient (Wildman–Crippen LogP) is 3.54. The van der Waals surface area contributed by atoms with Crippen LogP contribution in [0.25, 0.3) is 0 Å². The lowest BCUT2D eigenvalue weighted by molar-refractivity contribution is -0.123. The molecule has 7 heteroatoms. The van der Waals surface area contributed by atoms with Crippen LogP contribution in [-0.2, 0) is 9.53 Å². The van der Waals surface area contributed by atoms with Gasteiger partial charge in [-0.3, -0.25) is 4.79 Å². The number of benzene rings is 2. The van der Waals surface area contributed by atoms with Gasteiger partial charge < -0.3 is 19.5 Å². The Balaban J connectivity index is 2.03. The molecule has 0 bridgehead atoms. The van der Waals surface area contributed by atoms with Crippen molar-refractivity contribution >= 4 is 29.2 Å². The maximum atomic E-state index is 12.2. The largest absolute Gasteiger partial charge is 0.493 e. The van der Waals surface area contributed by atoms with E-state index >= 15 is 0 Å². The van der Waals surface area contributed by atoms with Crippen molar-refractivity contribution in [1.29, 1.82) is 0 Å². The monoisotopic (exact) mass is 363 g/mol. The number of hydrogen-bond acceptors (Lipinski definition) is 5. The van der Waals surface area contributed by atoms with Crippen molar-refractivity contribution in [2.75, 3.05) is 19.5 Å². The fraction of sp³-hybridized carbons (Fsp3) is 0.222. The molecule has 25 heavy (non-hydrogen) atoms. The molecule has 0 fully saturated rings. The van der Waals surface area contributed by atoms with Crippen molar-refractivity contribution in [3.05, 3.63) is 53.1 Å². The van der Waals surface area contributed by atoms with E-state index in [9.17, 15) is 9.59 Å². The molecule has 1 amide bonds. The molecule has 2 aromatic rings. The second-order valence-electron chi connectivity index (χ2n) is 5.12. The van der Waals surface area contributed by atoms with E-state index in [0.717, 1.165) is 0 Å². The highest BCUT2D eigenvalue weighted by molar-refractivity contribution is 6.30. The third kappa shape index (κ3) is 4.87. The van der Waals surface area contributed by atoms with Crippen molar-refractivity contribution in [3.63, 3.8) is 0 Å². The van der Waals surface area contributed by atoms with Crippen LogP contribution in [0, 0.1) is 0 Å². The zero-order valence-corrected chi connectivity index (χ0v) is 14.8. The minimum atomic E-state index is -0.987. The number of carbonyl (C=O) groups excluding carboxylic acids is 2. The number of hydrogen-bond donors (Lipinski definition) is 1. The molecular formula is C18H18ClNO5. The summed E-state index contributed by atoms with van der Waals surface area (Å²) in [6.45, 7) is 1.48. The third-order valence-electron chi connectivity index (χ3n) is 3.36. The van der Waals surface area contributed by atoms with Crippen molar-refractivity contribution in [3.8, 4) is 11.5 Å². The van der Waals surface area contributed by atoms with E-state index in [4.69, 9.17) is 25.8 Å². The summed E-state index contributed by atoms with van der Waals surface area (Å²) in [5.41, 5.74) is 0.770. The Morgan fingerprint density at radius 1 is 1.04 bits per heavy atom. The lowest BCUT2D eigenvalue weighted by Crippen LogP contribution is -2.30. The molecule has 0 aliphatic carbocycles. The molecule has 6 nitrogen and oxygen atoms in total. The predicted molar refractivity (Wildman–Crippen MR) is 94.5 cm³/mol. The average molecular weight is 364 g/mol. The van der Waals surface area contributed by atoms with Crippen LogP contribution >= 0.6 is 11.6 Å². The molecule has 0 saturated heterocycles. The first-order valence-electron chi connectivity index (χ1n) is 7.44. The third-order valence-corrected chi connectivity index (χ3v) is 3.60. The molecule has 0 spiro atoms. The molecule has 1 atom stereocenters. The first kappa shape index (κ1) is 18.6. The van der Waals surface area contributed by atoms with Gasteiger partial charge in [0.25, 0.3) is 5.91 Å². The molecule has 0 unspecified atom stereocenters. The van der Waals surface area contributed by atoms with E-state index in [1.54, 1.807) is 30.3 Å². The van der Waals surface area contributed by atoms with Crippen LogP contribution in [-0.4, -0.2) is 32.2 Å². The van der Waals surface area contributed by atoms with Crippen LogP contribution in [0.2, 0.25) is 5.02 Å². The summed E-state index contributed by atoms with van der Waals surface area (Å²) < 4.78 is 15.5. The number of carbonyl (C=O) groups is 2. The van der Waals surface area contributed by atoms with Crippen LogP contribution in [0.1, 0.15) is 17.3 Å². The van der Waals surface area contributed by atoms with Gasteiger partial charge in [-0.1, -0.05) is 17.7 Å². The van der Waals surface area contributed by atoms with E-state index in [0.29, 0.717) is 22.2 Å². The fourth-order valence-electron chi connectivity index (χ4n) is 2.06. The summed E-state index contributed by atoms with van der Waals surface area (Å²) >= 11 is 5.87. The SMILES string of the molecule is COc1ccc(C(=O)O[C@H](C)C(=O)Nc2cccc(Cl)c2)cc1OC. The van der Waals surface area contributed by atoms with Crippen molar-refractivity contribution in [2.24, 2.45) is 0 Å². The zero-order chi connectivity index (χ0) is 18.4. The molecule has 0 heterocycles. The number of amides is 1. The summed E-state index contributed by atoms with van der Waals surface area (Å²) in [5, 5.41) is 3.13. The van der Waals surface area contributed by atoms with Crippen molar-refractivity contribution in [1.82, 2.24) is 0 Å². The van der Waals surface area contributed by atoms with Gasteiger partial charge in [-0.15, -0.1) is 0 Å². The lowest BCUT2D eigenvalue weighted by Gasteiger charge is -2.14. The average Bonchev–Trinajstić information content (AvgIpc) is 2.60. The smallest absolute Gasteiger partial charge is 0.339 e. The van der Waals surface area contributed by atoms with Crippen LogP contribution in [0.5, 0.6) is 11.5 Å². The summed E-state index contributed by atoms with van der Waals surface area (Å²) in [7, 11) is 2.96. The zero-order valence-electron chi connectivity index (χ0n) is 14.0. The number of ether oxygens (including phenoxy) is 3. The number of anilines is 1. The number of halogens is 1. The van der Waals surface area contributed by atoms with Gasteiger partial charge in [-0.25, -0.2) is 4.79 Å². The normalized spacial score (nSPS) is 11.4. The van der Waals surface area contributed by atoms with Gasteiger partial charge >= 0.3 is 5.97 Å². The summed E-state index contributed by atoms with van der Waals surface area (Å²) in [5.74, 6) is -0.218. The Bertz CT molecular complexity index is 778. The van der Waals surface area contributed by atoms with Gasteiger partial charge in [0.1, 0.15) is 0 Å². The number of esters is 1. The maximum Gasteiger partial charge on any atom is 0.339 e. The Kier molecular flexibility index (Phi) is 6.25. The Morgan fingerprint density at radius 2 is 1.76 bits per heavy atom. The second kappa shape index (κ2) is 8.39. The summed E-state index contributed by atoms with van der Waals surface area (Å²) in [4.78, 5) is 24.4. The second-order valence-corrected chi connectivity index (χ2v) is 5.55. The summed E-state index contributed by atoms with van der Waals surface area (Å²) in [6, 6.07) is 11.3. The van der Waals surface area contributed by atoms with Crippen molar-refractivity contribution in [2.45, 2.75) is 13.0 Å². The van der Waals surface area contributed by atoms with Gasteiger partial charge in [0, 0.05) is 10.7 Å². The fourth-order valence-corrected chi connectivity index (χ4v) is 2.25. The molecule has 2 rings (SSSR count). The standard InChI is InChI=1S/C18H18ClNO5/c1-11(17(21)20-14-6-4-5-13(19)10-14)25-18(22)12-7-8-15(23-2)16(9-12)24-3/h4-11H,1-3H3,(H,20,21)/t11-/m1/s1. The molecule has 0 saturated carbocycles. The van der Waals surface area contributed by atoms with Gasteiger partial charge in [-0.05, 0) is 43.3 Å². The first-order chi connectivity index (χ1) is 11.9. The quantitative estimate of drug-likeness (QED) is 0.794. The van der Waals surface area contributed by atoms with E-state index in [2.05, 4.69) is 5.32 Å². The van der Waals surface area contributed by atoms with Crippen LogP contribution < -0.4 is 14.8 Å². The molecule has 0 aromatic heterocycles. The van der Waals surface area contributed by atoms with E-state index in [1.165, 1.54) is 33.3 Å². The van der Waals surface area contributed by atoms with Crippen LogP contribution in [0.3, 0.4) is 0 Å². The molecular weight excluding hydrogens is 346 g/mol. The Labute approximate surface area is 150 Å². The first-order valence-corrected chi connectivity index (χ1v) is 7.82. The van der Waals surface area contributed by atoms with Gasteiger partial charge in [0.2, 0.25) is 0 Å². The lowest BCUT2D eigenvalue weighted by atomic mass is 10.2. The van der Waals surface area contributed by atoms with E-state index < -0.39 is 18.0 Å². The number of rotatable bonds is 6. The highest BCUT2D eigenvalue weighted by atomic mass is 35.5. The maximum absolute atomic E-state index is 12.2. The Hall–Kier alpha value is -2.73. The molecule has 0 aliphatic heterocycles. The minimum Gasteiger partial charge on any atom is -0.493 e. The Morgan fingerprint density at radius 3 is 2.40 bits per heavy atom. The minimum absolute atomic E-state index is 0.250. The van der Waals surface area contributed by atoms with Gasteiger partial charge in [0.05, 0.1) is 19.8 Å². The van der Waals surface area contributed by atoms with Crippen LogP contribution in [0.15, 0.2) is 42.5 Å². The van der Waals surface area contributed by atoms with Gasteiger partial charge in [-0.2, -0.15) is 0 Å². The van der Waals surface area contributed by atoms with E-state index in [-0.39, 0.29) is 5.56 Å². The van der Waals surface area contributed by atoms with Gasteiger partial charge in [0.15, 0.2) is 17.6 Å². The van der Waals surface area contributed by atoms with E-state index in [1.807, 2.05) is 0 Å². The topological polar surface area (TPSA) is 73.9 Å². The molecule has 132 valence electrons. The van der Waals surface area contributed by atoms with Crippen molar-refractivity contribution < 1.29 is 23.8 Å². The molecule has 2 aromatic carbocycles. The highest BCUT2D eigenvalue weighted by Crippen LogP contribution is 2.28. The molecule has 0 radical (unpaired) electrons.